The maximum absolute atomic E-state index is 5.98. The van der Waals surface area contributed by atoms with Gasteiger partial charge in [-0.25, -0.2) is 0 Å². The van der Waals surface area contributed by atoms with Crippen molar-refractivity contribution in [1.82, 2.24) is 20.8 Å². The SMILES string of the molecule is CN=C(NCCc1nc(-c2ccc(Cl)cc2)no1)NCc1ccccc1OCC1CC1. The third-order valence-corrected chi connectivity index (χ3v) is 5.27. The molecule has 1 saturated carbocycles. The molecule has 2 N–H and O–H groups in total. The fraction of sp³-hybridized carbons (Fsp3) is 0.348. The maximum atomic E-state index is 5.98. The molecule has 1 aliphatic carbocycles. The first-order chi connectivity index (χ1) is 15.2. The second kappa shape index (κ2) is 10.3. The molecule has 4 rings (SSSR count). The van der Waals surface area contributed by atoms with Gasteiger partial charge in [0, 0.05) is 42.7 Å². The van der Waals surface area contributed by atoms with Crippen LogP contribution in [0.25, 0.3) is 11.4 Å². The fourth-order valence-electron chi connectivity index (χ4n) is 3.04. The van der Waals surface area contributed by atoms with Gasteiger partial charge in [-0.15, -0.1) is 0 Å². The first-order valence-electron chi connectivity index (χ1n) is 10.4. The lowest BCUT2D eigenvalue weighted by atomic mass is 10.2. The molecule has 0 radical (unpaired) electrons. The Morgan fingerprint density at radius 1 is 1.16 bits per heavy atom. The summed E-state index contributed by atoms with van der Waals surface area (Å²) in [6, 6.07) is 15.5. The van der Waals surface area contributed by atoms with E-state index in [9.17, 15) is 0 Å². The summed E-state index contributed by atoms with van der Waals surface area (Å²) in [7, 11) is 1.75. The predicted octanol–water partition coefficient (Wildman–Crippen LogP) is 4.09. The van der Waals surface area contributed by atoms with E-state index in [2.05, 4.69) is 31.8 Å². The minimum atomic E-state index is 0.553. The van der Waals surface area contributed by atoms with Crippen molar-refractivity contribution in [3.8, 4) is 17.1 Å². The van der Waals surface area contributed by atoms with Gasteiger partial charge in [-0.1, -0.05) is 35.0 Å². The van der Waals surface area contributed by atoms with E-state index in [1.807, 2.05) is 30.3 Å². The van der Waals surface area contributed by atoms with Crippen molar-refractivity contribution in [2.24, 2.45) is 10.9 Å². The number of rotatable bonds is 9. The first-order valence-corrected chi connectivity index (χ1v) is 10.8. The second-order valence-corrected chi connectivity index (χ2v) is 7.92. The number of aliphatic imine (C=N–C) groups is 1. The standard InChI is InChI=1S/C23H26ClN5O2/c1-25-23(27-14-18-4-2-3-5-20(18)30-15-16-6-7-16)26-13-12-21-28-22(29-31-21)17-8-10-19(24)11-9-17/h2-5,8-11,16H,6-7,12-15H2,1H3,(H2,25,26,27). The van der Waals surface area contributed by atoms with Gasteiger partial charge in [0.05, 0.1) is 6.61 Å². The van der Waals surface area contributed by atoms with E-state index < -0.39 is 0 Å². The van der Waals surface area contributed by atoms with Crippen LogP contribution in [0.4, 0.5) is 0 Å². The Morgan fingerprint density at radius 2 is 1.97 bits per heavy atom. The van der Waals surface area contributed by atoms with Crippen LogP contribution in [-0.2, 0) is 13.0 Å². The summed E-state index contributed by atoms with van der Waals surface area (Å²) in [5.41, 5.74) is 1.98. The van der Waals surface area contributed by atoms with Gasteiger partial charge in [0.15, 0.2) is 5.96 Å². The van der Waals surface area contributed by atoms with Crippen molar-refractivity contribution < 1.29 is 9.26 Å². The zero-order valence-electron chi connectivity index (χ0n) is 17.5. The molecule has 31 heavy (non-hydrogen) atoms. The normalized spacial score (nSPS) is 13.8. The van der Waals surface area contributed by atoms with Crippen molar-refractivity contribution in [1.29, 1.82) is 0 Å². The molecule has 1 fully saturated rings. The lowest BCUT2D eigenvalue weighted by Gasteiger charge is -2.14. The van der Waals surface area contributed by atoms with E-state index in [0.29, 0.717) is 42.2 Å². The predicted molar refractivity (Wildman–Crippen MR) is 121 cm³/mol. The quantitative estimate of drug-likeness (QED) is 0.386. The molecule has 0 unspecified atom stereocenters. The van der Waals surface area contributed by atoms with Gasteiger partial charge in [0.25, 0.3) is 0 Å². The van der Waals surface area contributed by atoms with Crippen LogP contribution in [0.3, 0.4) is 0 Å². The average molecular weight is 440 g/mol. The first kappa shape index (κ1) is 21.2. The minimum Gasteiger partial charge on any atom is -0.493 e. The summed E-state index contributed by atoms with van der Waals surface area (Å²) in [5, 5.41) is 11.3. The molecule has 0 amide bonds. The Hall–Kier alpha value is -3.06. The van der Waals surface area contributed by atoms with Crippen LogP contribution in [0.15, 0.2) is 58.0 Å². The van der Waals surface area contributed by atoms with E-state index in [4.69, 9.17) is 20.9 Å². The Kier molecular flexibility index (Phi) is 7.04. The van der Waals surface area contributed by atoms with Crippen molar-refractivity contribution >= 4 is 17.6 Å². The average Bonchev–Trinajstić information content (AvgIpc) is 3.51. The lowest BCUT2D eigenvalue weighted by molar-refractivity contribution is 0.296. The van der Waals surface area contributed by atoms with E-state index in [1.165, 1.54) is 12.8 Å². The molecule has 0 atom stereocenters. The monoisotopic (exact) mass is 439 g/mol. The number of guanidine groups is 1. The van der Waals surface area contributed by atoms with Crippen LogP contribution < -0.4 is 15.4 Å². The molecule has 1 heterocycles. The zero-order chi connectivity index (χ0) is 21.5. The second-order valence-electron chi connectivity index (χ2n) is 7.48. The summed E-state index contributed by atoms with van der Waals surface area (Å²) < 4.78 is 11.3. The highest BCUT2D eigenvalue weighted by Gasteiger charge is 2.22. The van der Waals surface area contributed by atoms with E-state index >= 15 is 0 Å². The Morgan fingerprint density at radius 3 is 2.74 bits per heavy atom. The van der Waals surface area contributed by atoms with Crippen LogP contribution in [0.2, 0.25) is 5.02 Å². The highest BCUT2D eigenvalue weighted by molar-refractivity contribution is 6.30. The molecular formula is C23H26ClN5O2. The van der Waals surface area contributed by atoms with E-state index in [0.717, 1.165) is 29.4 Å². The summed E-state index contributed by atoms with van der Waals surface area (Å²) in [5.74, 6) is 3.47. The number of ether oxygens (including phenoxy) is 1. The molecule has 0 bridgehead atoms. The number of aromatic nitrogens is 2. The molecule has 8 heteroatoms. The van der Waals surface area contributed by atoms with Crippen molar-refractivity contribution in [3.05, 3.63) is 65.0 Å². The molecule has 7 nitrogen and oxygen atoms in total. The number of benzene rings is 2. The number of hydrogen-bond donors (Lipinski definition) is 2. The van der Waals surface area contributed by atoms with Gasteiger partial charge in [-0.05, 0) is 49.1 Å². The lowest BCUT2D eigenvalue weighted by Crippen LogP contribution is -2.38. The summed E-state index contributed by atoms with van der Waals surface area (Å²) in [6.07, 6.45) is 3.14. The van der Waals surface area contributed by atoms with Gasteiger partial charge >= 0.3 is 0 Å². The Balaban J connectivity index is 1.24. The number of nitrogens with zero attached hydrogens (tertiary/aromatic N) is 3. The van der Waals surface area contributed by atoms with Gasteiger partial charge in [0.1, 0.15) is 5.75 Å². The molecule has 162 valence electrons. The third-order valence-electron chi connectivity index (χ3n) is 5.02. The minimum absolute atomic E-state index is 0.553. The zero-order valence-corrected chi connectivity index (χ0v) is 18.2. The van der Waals surface area contributed by atoms with Gasteiger partial charge in [-0.3, -0.25) is 4.99 Å². The topological polar surface area (TPSA) is 84.6 Å². The number of para-hydroxylation sites is 1. The van der Waals surface area contributed by atoms with E-state index in [-0.39, 0.29) is 0 Å². The molecule has 1 aliphatic rings. The molecule has 0 aliphatic heterocycles. The number of hydrogen-bond acceptors (Lipinski definition) is 5. The highest BCUT2D eigenvalue weighted by Crippen LogP contribution is 2.30. The molecule has 0 spiro atoms. The van der Waals surface area contributed by atoms with Gasteiger partial charge < -0.3 is 19.9 Å². The Labute approximate surface area is 186 Å². The van der Waals surface area contributed by atoms with Crippen LogP contribution in [0, 0.1) is 5.92 Å². The third kappa shape index (κ3) is 6.21. The largest absolute Gasteiger partial charge is 0.493 e. The summed E-state index contributed by atoms with van der Waals surface area (Å²) in [6.45, 7) is 2.04. The van der Waals surface area contributed by atoms with Gasteiger partial charge in [-0.2, -0.15) is 4.98 Å². The molecular weight excluding hydrogens is 414 g/mol. The Bertz CT molecular complexity index is 1010. The van der Waals surface area contributed by atoms with Crippen LogP contribution in [0.1, 0.15) is 24.3 Å². The highest BCUT2D eigenvalue weighted by atomic mass is 35.5. The summed E-state index contributed by atoms with van der Waals surface area (Å²) in [4.78, 5) is 8.72. The molecule has 2 aromatic carbocycles. The number of nitrogens with one attached hydrogen (secondary N) is 2. The smallest absolute Gasteiger partial charge is 0.228 e. The summed E-state index contributed by atoms with van der Waals surface area (Å²) >= 11 is 5.92. The van der Waals surface area contributed by atoms with Crippen LogP contribution >= 0.6 is 11.6 Å². The molecule has 1 aromatic heterocycles. The van der Waals surface area contributed by atoms with Crippen LogP contribution in [0.5, 0.6) is 5.75 Å². The number of halogens is 1. The fourth-order valence-corrected chi connectivity index (χ4v) is 3.17. The van der Waals surface area contributed by atoms with Gasteiger partial charge in [0.2, 0.25) is 11.7 Å². The molecule has 3 aromatic rings. The molecule has 0 saturated heterocycles. The maximum Gasteiger partial charge on any atom is 0.228 e. The van der Waals surface area contributed by atoms with Crippen molar-refractivity contribution in [2.75, 3.05) is 20.2 Å². The van der Waals surface area contributed by atoms with E-state index in [1.54, 1.807) is 19.2 Å². The van der Waals surface area contributed by atoms with Crippen molar-refractivity contribution in [3.63, 3.8) is 0 Å². The van der Waals surface area contributed by atoms with Crippen LogP contribution in [-0.4, -0.2) is 36.3 Å². The van der Waals surface area contributed by atoms with Crippen molar-refractivity contribution in [2.45, 2.75) is 25.8 Å².